The van der Waals surface area contributed by atoms with Gasteiger partial charge in [-0.1, -0.05) is 44.4 Å². The molecule has 1 aliphatic heterocycles. The number of hydrogen-bond acceptors (Lipinski definition) is 6. The monoisotopic (exact) mass is 621 g/mol. The average Bonchev–Trinajstić information content (AvgIpc) is 3.06. The van der Waals surface area contributed by atoms with E-state index in [4.69, 9.17) is 9.47 Å². The number of amides is 3. The number of likely N-dealkylation sites (N-methyl/N-ethyl adjacent to an activating group) is 1. The van der Waals surface area contributed by atoms with Gasteiger partial charge in [0, 0.05) is 49.8 Å². The molecule has 45 heavy (non-hydrogen) atoms. The predicted molar refractivity (Wildman–Crippen MR) is 175 cm³/mol. The van der Waals surface area contributed by atoms with Crippen LogP contribution in [0.5, 0.6) is 5.75 Å². The van der Waals surface area contributed by atoms with Crippen molar-refractivity contribution in [3.63, 3.8) is 0 Å². The van der Waals surface area contributed by atoms with Crippen molar-refractivity contribution in [2.24, 2.45) is 11.8 Å². The molecule has 0 saturated heterocycles. The number of carbonyl (C=O) groups excluding carboxylic acids is 3. The summed E-state index contributed by atoms with van der Waals surface area (Å²) in [5.41, 5.74) is 1.30. The first-order valence-electron chi connectivity index (χ1n) is 16.6. The summed E-state index contributed by atoms with van der Waals surface area (Å²) in [5, 5.41) is 13.1. The molecule has 0 unspecified atom stereocenters. The summed E-state index contributed by atoms with van der Waals surface area (Å²) in [6.45, 7) is 6.92. The summed E-state index contributed by atoms with van der Waals surface area (Å²) in [6.07, 6.45) is 7.35. The van der Waals surface area contributed by atoms with Crippen molar-refractivity contribution in [1.82, 2.24) is 9.80 Å². The number of nitrogens with one attached hydrogen (secondary N) is 1. The Morgan fingerprint density at radius 2 is 1.73 bits per heavy atom. The van der Waals surface area contributed by atoms with E-state index in [0.717, 1.165) is 44.9 Å². The maximum Gasteiger partial charge on any atom is 0.258 e. The van der Waals surface area contributed by atoms with E-state index < -0.39 is 6.04 Å². The topological polar surface area (TPSA) is 108 Å². The fourth-order valence-corrected chi connectivity index (χ4v) is 6.28. The summed E-state index contributed by atoms with van der Waals surface area (Å²) in [5.74, 6) is -0.0262. The van der Waals surface area contributed by atoms with Crippen LogP contribution in [0.25, 0.3) is 0 Å². The van der Waals surface area contributed by atoms with Crippen LogP contribution in [-0.4, -0.2) is 84.2 Å². The Morgan fingerprint density at radius 3 is 2.44 bits per heavy atom. The number of ether oxygens (including phenoxy) is 2. The third kappa shape index (κ3) is 9.53. The number of carbonyl (C=O) groups is 3. The zero-order valence-electron chi connectivity index (χ0n) is 27.4. The van der Waals surface area contributed by atoms with Crippen LogP contribution < -0.4 is 10.1 Å². The molecule has 0 bridgehead atoms. The molecule has 1 heterocycles. The highest BCUT2D eigenvalue weighted by Gasteiger charge is 2.32. The molecule has 2 N–H and O–H groups in total. The zero-order valence-corrected chi connectivity index (χ0v) is 27.4. The van der Waals surface area contributed by atoms with E-state index in [-0.39, 0.29) is 48.4 Å². The second kappa shape index (κ2) is 16.8. The van der Waals surface area contributed by atoms with Crippen LogP contribution in [-0.2, 0) is 9.53 Å². The molecular formula is C36H51N3O6. The van der Waals surface area contributed by atoms with Gasteiger partial charge in [-0.15, -0.1) is 0 Å². The molecule has 2 aromatic carbocycles. The van der Waals surface area contributed by atoms with Crippen LogP contribution in [0.1, 0.15) is 92.9 Å². The maximum atomic E-state index is 14.3. The van der Waals surface area contributed by atoms with Gasteiger partial charge in [0.15, 0.2) is 0 Å². The van der Waals surface area contributed by atoms with E-state index in [2.05, 4.69) is 5.32 Å². The number of benzene rings is 2. The van der Waals surface area contributed by atoms with Gasteiger partial charge in [0.05, 0.1) is 30.4 Å². The minimum atomic E-state index is -0.483. The number of hydrogen-bond donors (Lipinski definition) is 2. The predicted octanol–water partition coefficient (Wildman–Crippen LogP) is 5.77. The summed E-state index contributed by atoms with van der Waals surface area (Å²) >= 11 is 0. The highest BCUT2D eigenvalue weighted by Crippen LogP contribution is 2.29. The Balaban J connectivity index is 1.61. The standard InChI is InChI=1S/C36H51N3O6/c1-25-22-39(26(2)24-40)36(43)31-21-30(37-34(41)28-14-7-5-8-15-28)18-19-32(31)45-27(3)13-11-12-20-44-33(25)23-38(4)35(42)29-16-9-6-10-17-29/h5,7-8,14-15,18-19,21,25-27,29,33,40H,6,9-13,16-17,20,22-24H2,1-4H3,(H,37,41)/t25-,26+,27-,33+/m1/s1. The molecule has 2 aliphatic rings. The van der Waals surface area contributed by atoms with Gasteiger partial charge in [0.2, 0.25) is 5.91 Å². The van der Waals surface area contributed by atoms with Gasteiger partial charge >= 0.3 is 0 Å². The summed E-state index contributed by atoms with van der Waals surface area (Å²) in [4.78, 5) is 44.0. The van der Waals surface area contributed by atoms with Crippen molar-refractivity contribution >= 4 is 23.4 Å². The number of aliphatic hydroxyl groups excluding tert-OH is 1. The van der Waals surface area contributed by atoms with E-state index in [1.165, 1.54) is 6.42 Å². The number of anilines is 1. The Bertz CT molecular complexity index is 1260. The molecule has 0 radical (unpaired) electrons. The first-order valence-corrected chi connectivity index (χ1v) is 16.6. The highest BCUT2D eigenvalue weighted by molar-refractivity contribution is 6.05. The summed E-state index contributed by atoms with van der Waals surface area (Å²) in [6, 6.07) is 13.6. The molecule has 0 aromatic heterocycles. The minimum absolute atomic E-state index is 0.0691. The molecule has 2 aromatic rings. The Hall–Kier alpha value is -3.43. The SMILES string of the molecule is C[C@@H]1CCCCO[C@@H](CN(C)C(=O)C2CCCCC2)[C@H](C)CN([C@@H](C)CO)C(=O)c2cc(NC(=O)c3ccccc3)ccc2O1. The first-order chi connectivity index (χ1) is 21.7. The van der Waals surface area contributed by atoms with Crippen LogP contribution >= 0.6 is 0 Å². The van der Waals surface area contributed by atoms with Crippen LogP contribution in [0.2, 0.25) is 0 Å². The zero-order chi connectivity index (χ0) is 32.3. The molecule has 4 rings (SSSR count). The van der Waals surface area contributed by atoms with Gasteiger partial charge in [0.1, 0.15) is 5.75 Å². The lowest BCUT2D eigenvalue weighted by Crippen LogP contribution is -2.48. The molecule has 4 atom stereocenters. The number of fused-ring (bicyclic) bond motifs is 1. The molecule has 246 valence electrons. The summed E-state index contributed by atoms with van der Waals surface area (Å²) in [7, 11) is 1.86. The number of nitrogens with zero attached hydrogens (tertiary/aromatic N) is 2. The van der Waals surface area contributed by atoms with Crippen molar-refractivity contribution < 1.29 is 29.0 Å². The van der Waals surface area contributed by atoms with Crippen LogP contribution in [0, 0.1) is 11.8 Å². The second-order valence-corrected chi connectivity index (χ2v) is 12.9. The first kappa shape index (κ1) is 34.4. The third-order valence-corrected chi connectivity index (χ3v) is 9.13. The smallest absolute Gasteiger partial charge is 0.258 e. The van der Waals surface area contributed by atoms with Gasteiger partial charge in [-0.05, 0) is 76.3 Å². The maximum absolute atomic E-state index is 14.3. The lowest BCUT2D eigenvalue weighted by Gasteiger charge is -2.36. The number of aliphatic hydroxyl groups is 1. The van der Waals surface area contributed by atoms with E-state index in [9.17, 15) is 19.5 Å². The molecule has 1 saturated carbocycles. The number of rotatable bonds is 7. The van der Waals surface area contributed by atoms with Crippen molar-refractivity contribution in [1.29, 1.82) is 0 Å². The molecule has 3 amide bonds. The molecule has 1 aliphatic carbocycles. The van der Waals surface area contributed by atoms with E-state index in [1.54, 1.807) is 47.4 Å². The van der Waals surface area contributed by atoms with Gasteiger partial charge < -0.3 is 29.7 Å². The van der Waals surface area contributed by atoms with E-state index >= 15 is 0 Å². The molecule has 1 fully saturated rings. The lowest BCUT2D eigenvalue weighted by molar-refractivity contribution is -0.137. The van der Waals surface area contributed by atoms with Gasteiger partial charge in [-0.2, -0.15) is 0 Å². The van der Waals surface area contributed by atoms with Crippen LogP contribution in [0.15, 0.2) is 48.5 Å². The van der Waals surface area contributed by atoms with Gasteiger partial charge in [-0.3, -0.25) is 14.4 Å². The second-order valence-electron chi connectivity index (χ2n) is 12.9. The average molecular weight is 622 g/mol. The van der Waals surface area contributed by atoms with Crippen LogP contribution in [0.4, 0.5) is 5.69 Å². The van der Waals surface area contributed by atoms with Gasteiger partial charge in [0.25, 0.3) is 11.8 Å². The normalized spacial score (nSPS) is 22.8. The van der Waals surface area contributed by atoms with Crippen molar-refractivity contribution in [3.05, 3.63) is 59.7 Å². The third-order valence-electron chi connectivity index (χ3n) is 9.13. The van der Waals surface area contributed by atoms with E-state index in [1.807, 2.05) is 38.8 Å². The highest BCUT2D eigenvalue weighted by atomic mass is 16.5. The molecule has 9 heteroatoms. The van der Waals surface area contributed by atoms with Crippen molar-refractivity contribution in [2.45, 2.75) is 90.4 Å². The quantitative estimate of drug-likeness (QED) is 0.406. The Kier molecular flexibility index (Phi) is 12.8. The Morgan fingerprint density at radius 1 is 1.02 bits per heavy atom. The minimum Gasteiger partial charge on any atom is -0.490 e. The molecule has 0 spiro atoms. The summed E-state index contributed by atoms with van der Waals surface area (Å²) < 4.78 is 12.7. The van der Waals surface area contributed by atoms with Crippen LogP contribution in [0.3, 0.4) is 0 Å². The fourth-order valence-electron chi connectivity index (χ4n) is 6.28. The molecule has 9 nitrogen and oxygen atoms in total. The van der Waals surface area contributed by atoms with E-state index in [0.29, 0.717) is 42.3 Å². The van der Waals surface area contributed by atoms with Crippen molar-refractivity contribution in [3.8, 4) is 5.75 Å². The Labute approximate surface area is 268 Å². The fraction of sp³-hybridized carbons (Fsp3) is 0.583. The lowest BCUT2D eigenvalue weighted by atomic mass is 9.88. The molecular weight excluding hydrogens is 570 g/mol. The van der Waals surface area contributed by atoms with Gasteiger partial charge in [-0.25, -0.2) is 0 Å². The van der Waals surface area contributed by atoms with Crippen molar-refractivity contribution in [2.75, 3.05) is 38.7 Å². The largest absolute Gasteiger partial charge is 0.490 e.